The highest BCUT2D eigenvalue weighted by atomic mass is 19.4. The van der Waals surface area contributed by atoms with E-state index in [1.165, 1.54) is 28.8 Å². The molecule has 0 aliphatic rings. The van der Waals surface area contributed by atoms with E-state index in [4.69, 9.17) is 0 Å². The number of anilines is 1. The van der Waals surface area contributed by atoms with Crippen LogP contribution in [0.15, 0.2) is 54.6 Å². The zero-order valence-electron chi connectivity index (χ0n) is 13.1. The van der Waals surface area contributed by atoms with E-state index in [0.717, 1.165) is 5.39 Å². The normalized spacial score (nSPS) is 11.5. The van der Waals surface area contributed by atoms with Crippen LogP contribution < -0.4 is 5.32 Å². The topological polar surface area (TPSA) is 51.1 Å². The van der Waals surface area contributed by atoms with Gasteiger partial charge in [0.2, 0.25) is 0 Å². The standard InChI is InChI=1S/C18H13F3N2O2/c1-11-10-12-6-2-5-9-15(12)23(11)16(24)13-7-3-4-8-14(13)22-17(25)18(19,20)21/h2-10H,1H3,(H,22,25). The molecular formula is C18H13F3N2O2. The van der Waals surface area contributed by atoms with Gasteiger partial charge in [0.1, 0.15) is 0 Å². The summed E-state index contributed by atoms with van der Waals surface area (Å²) in [7, 11) is 0. The first-order valence-electron chi connectivity index (χ1n) is 7.38. The molecule has 2 aromatic carbocycles. The first kappa shape index (κ1) is 16.8. The van der Waals surface area contributed by atoms with Crippen molar-refractivity contribution < 1.29 is 22.8 Å². The number of rotatable bonds is 2. The zero-order chi connectivity index (χ0) is 18.2. The van der Waals surface area contributed by atoms with Gasteiger partial charge in [-0.3, -0.25) is 14.2 Å². The number of nitrogens with zero attached hydrogens (tertiary/aromatic N) is 1. The van der Waals surface area contributed by atoms with E-state index < -0.39 is 18.0 Å². The lowest BCUT2D eigenvalue weighted by atomic mass is 10.1. The van der Waals surface area contributed by atoms with Gasteiger partial charge >= 0.3 is 12.1 Å². The third kappa shape index (κ3) is 3.13. The van der Waals surface area contributed by atoms with Crippen molar-refractivity contribution >= 4 is 28.4 Å². The zero-order valence-corrected chi connectivity index (χ0v) is 13.1. The SMILES string of the molecule is Cc1cc2ccccc2n1C(=O)c1ccccc1NC(=O)C(F)(F)F. The van der Waals surface area contributed by atoms with Crippen molar-refractivity contribution in [2.24, 2.45) is 0 Å². The van der Waals surface area contributed by atoms with Gasteiger partial charge in [0.15, 0.2) is 0 Å². The number of hydrogen-bond donors (Lipinski definition) is 1. The molecule has 0 atom stereocenters. The lowest BCUT2D eigenvalue weighted by Crippen LogP contribution is -2.31. The van der Waals surface area contributed by atoms with Gasteiger partial charge in [-0.2, -0.15) is 13.2 Å². The maximum Gasteiger partial charge on any atom is 0.471 e. The Bertz CT molecular complexity index is 974. The number of halogens is 3. The van der Waals surface area contributed by atoms with Crippen molar-refractivity contribution in [1.29, 1.82) is 0 Å². The lowest BCUT2D eigenvalue weighted by Gasteiger charge is -2.13. The van der Waals surface area contributed by atoms with E-state index >= 15 is 0 Å². The number of benzene rings is 2. The van der Waals surface area contributed by atoms with Crippen molar-refractivity contribution in [3.8, 4) is 0 Å². The average molecular weight is 346 g/mol. The Labute approximate surface area is 140 Å². The Morgan fingerprint density at radius 2 is 1.64 bits per heavy atom. The van der Waals surface area contributed by atoms with Crippen molar-refractivity contribution in [3.05, 3.63) is 65.9 Å². The summed E-state index contributed by atoms with van der Waals surface area (Å²) in [4.78, 5) is 24.1. The van der Waals surface area contributed by atoms with Gasteiger partial charge in [0.05, 0.1) is 16.8 Å². The van der Waals surface area contributed by atoms with Crippen molar-refractivity contribution in [2.45, 2.75) is 13.1 Å². The highest BCUT2D eigenvalue weighted by molar-refractivity contribution is 6.09. The van der Waals surface area contributed by atoms with Crippen LogP contribution in [0.1, 0.15) is 16.1 Å². The summed E-state index contributed by atoms with van der Waals surface area (Å²) in [6, 6.07) is 14.6. The number of nitrogens with one attached hydrogen (secondary N) is 1. The monoisotopic (exact) mass is 346 g/mol. The Morgan fingerprint density at radius 3 is 2.36 bits per heavy atom. The summed E-state index contributed by atoms with van der Waals surface area (Å²) >= 11 is 0. The minimum Gasteiger partial charge on any atom is -0.317 e. The number of para-hydroxylation sites is 2. The summed E-state index contributed by atoms with van der Waals surface area (Å²) < 4.78 is 38.9. The molecule has 0 saturated heterocycles. The first-order chi connectivity index (χ1) is 11.8. The number of aromatic nitrogens is 1. The van der Waals surface area contributed by atoms with E-state index in [1.54, 1.807) is 24.4 Å². The van der Waals surface area contributed by atoms with E-state index in [-0.39, 0.29) is 11.3 Å². The van der Waals surface area contributed by atoms with Gasteiger partial charge < -0.3 is 5.32 Å². The fourth-order valence-electron chi connectivity index (χ4n) is 2.65. The largest absolute Gasteiger partial charge is 0.471 e. The molecule has 0 aliphatic carbocycles. The number of aryl methyl sites for hydroxylation is 1. The highest BCUT2D eigenvalue weighted by Crippen LogP contribution is 2.25. The Balaban J connectivity index is 2.06. The van der Waals surface area contributed by atoms with Crippen LogP contribution in [0.5, 0.6) is 0 Å². The second-order valence-electron chi connectivity index (χ2n) is 5.48. The second-order valence-corrected chi connectivity index (χ2v) is 5.48. The van der Waals surface area contributed by atoms with Gasteiger partial charge in [-0.25, -0.2) is 0 Å². The summed E-state index contributed by atoms with van der Waals surface area (Å²) in [5.41, 5.74) is 1.07. The average Bonchev–Trinajstić information content (AvgIpc) is 2.89. The van der Waals surface area contributed by atoms with E-state index in [0.29, 0.717) is 11.2 Å². The Morgan fingerprint density at radius 1 is 1.00 bits per heavy atom. The number of alkyl halides is 3. The molecule has 0 radical (unpaired) electrons. The summed E-state index contributed by atoms with van der Waals surface area (Å²) in [6.07, 6.45) is -5.04. The van der Waals surface area contributed by atoms with Crippen LogP contribution >= 0.6 is 0 Å². The molecule has 3 rings (SSSR count). The number of carbonyl (C=O) groups is 2. The van der Waals surface area contributed by atoms with Crippen LogP contribution in [0, 0.1) is 6.92 Å². The molecule has 0 saturated carbocycles. The highest BCUT2D eigenvalue weighted by Gasteiger charge is 2.39. The molecule has 1 heterocycles. The number of fused-ring (bicyclic) bond motifs is 1. The molecule has 0 aliphatic heterocycles. The molecule has 0 unspecified atom stereocenters. The van der Waals surface area contributed by atoms with Gasteiger partial charge in [-0.15, -0.1) is 0 Å². The summed E-state index contributed by atoms with van der Waals surface area (Å²) in [5.74, 6) is -2.64. The Kier molecular flexibility index (Phi) is 4.08. The molecule has 7 heteroatoms. The minimum absolute atomic E-state index is 0.0236. The molecule has 1 N–H and O–H groups in total. The van der Waals surface area contributed by atoms with Crippen LogP contribution in [-0.4, -0.2) is 22.6 Å². The van der Waals surface area contributed by atoms with Crippen molar-refractivity contribution in [1.82, 2.24) is 4.57 Å². The maximum absolute atomic E-state index is 12.9. The number of amides is 1. The first-order valence-corrected chi connectivity index (χ1v) is 7.38. The quantitative estimate of drug-likeness (QED) is 0.758. The minimum atomic E-state index is -5.04. The molecule has 1 amide bonds. The van der Waals surface area contributed by atoms with Crippen LogP contribution in [0.25, 0.3) is 10.9 Å². The van der Waals surface area contributed by atoms with Gasteiger partial charge in [-0.05, 0) is 31.2 Å². The van der Waals surface area contributed by atoms with Crippen LogP contribution in [0.2, 0.25) is 0 Å². The van der Waals surface area contributed by atoms with Crippen molar-refractivity contribution in [2.75, 3.05) is 5.32 Å². The molecule has 3 aromatic rings. The fraction of sp³-hybridized carbons (Fsp3) is 0.111. The molecule has 4 nitrogen and oxygen atoms in total. The maximum atomic E-state index is 12.9. The van der Waals surface area contributed by atoms with Crippen LogP contribution in [-0.2, 0) is 4.79 Å². The Hall–Kier alpha value is -3.09. The third-order valence-corrected chi connectivity index (χ3v) is 3.76. The van der Waals surface area contributed by atoms with Crippen LogP contribution in [0.3, 0.4) is 0 Å². The fourth-order valence-corrected chi connectivity index (χ4v) is 2.65. The molecular weight excluding hydrogens is 333 g/mol. The predicted octanol–water partition coefficient (Wildman–Crippen LogP) is 4.14. The lowest BCUT2D eigenvalue weighted by molar-refractivity contribution is -0.167. The summed E-state index contributed by atoms with van der Waals surface area (Å²) in [5, 5.41) is 2.60. The van der Waals surface area contributed by atoms with E-state index in [2.05, 4.69) is 0 Å². The molecule has 1 aromatic heterocycles. The second kappa shape index (κ2) is 6.08. The van der Waals surface area contributed by atoms with E-state index in [9.17, 15) is 22.8 Å². The number of hydrogen-bond acceptors (Lipinski definition) is 2. The summed E-state index contributed by atoms with van der Waals surface area (Å²) in [6.45, 7) is 1.73. The number of carbonyl (C=O) groups excluding carboxylic acids is 2. The van der Waals surface area contributed by atoms with Crippen molar-refractivity contribution in [3.63, 3.8) is 0 Å². The predicted molar refractivity (Wildman–Crippen MR) is 87.5 cm³/mol. The third-order valence-electron chi connectivity index (χ3n) is 3.76. The molecule has 0 spiro atoms. The molecule has 0 bridgehead atoms. The molecule has 128 valence electrons. The van der Waals surface area contributed by atoms with Gasteiger partial charge in [-0.1, -0.05) is 30.3 Å². The molecule has 0 fully saturated rings. The van der Waals surface area contributed by atoms with Gasteiger partial charge in [0.25, 0.3) is 5.91 Å². The molecule has 25 heavy (non-hydrogen) atoms. The van der Waals surface area contributed by atoms with E-state index in [1.807, 2.05) is 18.2 Å². The van der Waals surface area contributed by atoms with Crippen LogP contribution in [0.4, 0.5) is 18.9 Å². The smallest absolute Gasteiger partial charge is 0.317 e. The van der Waals surface area contributed by atoms with Gasteiger partial charge in [0, 0.05) is 11.1 Å².